The van der Waals surface area contributed by atoms with E-state index in [4.69, 9.17) is 4.74 Å². The number of alkyl halides is 2. The number of rotatable bonds is 7. The van der Waals surface area contributed by atoms with Crippen LogP contribution in [0.1, 0.15) is 37.9 Å². The number of pyridine rings is 1. The number of nitrogens with zero attached hydrogens (tertiary/aromatic N) is 4. The molecule has 0 bridgehead atoms. The first kappa shape index (κ1) is 22.1. The van der Waals surface area contributed by atoms with Gasteiger partial charge in [0.2, 0.25) is 5.78 Å². The number of hydrogen-bond acceptors (Lipinski definition) is 6. The van der Waals surface area contributed by atoms with E-state index in [0.717, 1.165) is 5.69 Å². The second kappa shape index (κ2) is 8.81. The molecule has 8 nitrogen and oxygen atoms in total. The monoisotopic (exact) mass is 454 g/mol. The molecule has 0 atom stereocenters. The van der Waals surface area contributed by atoms with Crippen LogP contribution in [0.4, 0.5) is 8.78 Å². The van der Waals surface area contributed by atoms with E-state index in [9.17, 15) is 18.4 Å². The topological polar surface area (TPSA) is 87.7 Å². The predicted octanol–water partition coefficient (Wildman–Crippen LogP) is 4.09. The van der Waals surface area contributed by atoms with Crippen LogP contribution < -0.4 is 4.74 Å². The number of carbonyl (C=O) groups excluding carboxylic acids is 2. The van der Waals surface area contributed by atoms with Crippen LogP contribution in [0.15, 0.2) is 48.7 Å². The van der Waals surface area contributed by atoms with Crippen molar-refractivity contribution in [2.45, 2.75) is 27.4 Å². The van der Waals surface area contributed by atoms with Crippen LogP contribution in [0.25, 0.3) is 11.3 Å². The number of aromatic nitrogens is 4. The highest BCUT2D eigenvalue weighted by Crippen LogP contribution is 2.24. The summed E-state index contributed by atoms with van der Waals surface area (Å²) >= 11 is 0. The fourth-order valence-corrected chi connectivity index (χ4v) is 3.64. The number of benzene rings is 1. The smallest absolute Gasteiger partial charge is 0.387 e. The highest BCUT2D eigenvalue weighted by molar-refractivity contribution is 6.00. The predicted molar refractivity (Wildman–Crippen MR) is 114 cm³/mol. The van der Waals surface area contributed by atoms with Gasteiger partial charge in [-0.2, -0.15) is 8.78 Å². The minimum absolute atomic E-state index is 0.0410. The third-order valence-electron chi connectivity index (χ3n) is 5.19. The third kappa shape index (κ3) is 4.45. The Morgan fingerprint density at radius 1 is 1.03 bits per heavy atom. The van der Waals surface area contributed by atoms with Crippen molar-refractivity contribution in [1.82, 2.24) is 19.2 Å². The first-order chi connectivity index (χ1) is 15.7. The zero-order chi connectivity index (χ0) is 23.7. The second-order valence-corrected chi connectivity index (χ2v) is 7.39. The number of ketones is 1. The summed E-state index contributed by atoms with van der Waals surface area (Å²) in [6.07, 6.45) is 1.56. The van der Waals surface area contributed by atoms with Gasteiger partial charge in [0, 0.05) is 28.8 Å². The second-order valence-electron chi connectivity index (χ2n) is 7.39. The molecular weight excluding hydrogens is 434 g/mol. The maximum absolute atomic E-state index is 12.8. The number of hydrogen-bond donors (Lipinski definition) is 0. The van der Waals surface area contributed by atoms with Crippen molar-refractivity contribution in [3.63, 3.8) is 0 Å². The molecule has 0 amide bonds. The standard InChI is InChI=1S/C23H20F2N4O4/c1-13-10-19(14(2)29(13)17-5-7-18(8-6-17)33-23(24)25)20(30)12-32-22(31)16-4-9-21-27-26-15(3)28(21)11-16/h4-11,23H,12H2,1-3H3. The van der Waals surface area contributed by atoms with Gasteiger partial charge in [-0.1, -0.05) is 0 Å². The molecule has 0 saturated heterocycles. The maximum atomic E-state index is 12.8. The average Bonchev–Trinajstić information content (AvgIpc) is 3.30. The number of esters is 1. The summed E-state index contributed by atoms with van der Waals surface area (Å²) < 4.78 is 37.8. The highest BCUT2D eigenvalue weighted by Gasteiger charge is 2.19. The molecular formula is C23H20F2N4O4. The first-order valence-corrected chi connectivity index (χ1v) is 10.0. The molecule has 33 heavy (non-hydrogen) atoms. The largest absolute Gasteiger partial charge is 0.454 e. The number of aryl methyl sites for hydroxylation is 2. The Balaban J connectivity index is 1.48. The Morgan fingerprint density at radius 3 is 2.45 bits per heavy atom. The summed E-state index contributed by atoms with van der Waals surface area (Å²) in [6.45, 7) is 2.00. The van der Waals surface area contributed by atoms with Gasteiger partial charge >= 0.3 is 12.6 Å². The Kier molecular flexibility index (Phi) is 5.91. The summed E-state index contributed by atoms with van der Waals surface area (Å²) in [6, 6.07) is 11.0. The molecule has 0 aliphatic rings. The van der Waals surface area contributed by atoms with E-state index in [1.165, 1.54) is 12.1 Å². The van der Waals surface area contributed by atoms with Crippen molar-refractivity contribution in [2.24, 2.45) is 0 Å². The van der Waals surface area contributed by atoms with E-state index in [0.29, 0.717) is 28.4 Å². The number of halogens is 2. The van der Waals surface area contributed by atoms with Gasteiger partial charge in [0.1, 0.15) is 11.6 Å². The van der Waals surface area contributed by atoms with Crippen molar-refractivity contribution < 1.29 is 27.8 Å². The average molecular weight is 454 g/mol. The van der Waals surface area contributed by atoms with Gasteiger partial charge in [-0.15, -0.1) is 10.2 Å². The summed E-state index contributed by atoms with van der Waals surface area (Å²) in [5, 5.41) is 7.90. The third-order valence-corrected chi connectivity index (χ3v) is 5.19. The van der Waals surface area contributed by atoms with Crippen LogP contribution in [-0.4, -0.2) is 44.1 Å². The van der Waals surface area contributed by atoms with Crippen molar-refractivity contribution in [3.8, 4) is 11.4 Å². The van der Waals surface area contributed by atoms with Crippen molar-refractivity contribution >= 4 is 17.4 Å². The van der Waals surface area contributed by atoms with Gasteiger partial charge in [-0.05, 0) is 63.2 Å². The first-order valence-electron chi connectivity index (χ1n) is 10.0. The molecule has 0 aliphatic carbocycles. The van der Waals surface area contributed by atoms with E-state index in [1.807, 2.05) is 11.5 Å². The van der Waals surface area contributed by atoms with E-state index < -0.39 is 19.2 Å². The molecule has 170 valence electrons. The molecule has 0 aliphatic heterocycles. The van der Waals surface area contributed by atoms with E-state index in [-0.39, 0.29) is 17.1 Å². The minimum atomic E-state index is -2.90. The molecule has 0 saturated carbocycles. The lowest BCUT2D eigenvalue weighted by molar-refractivity contribution is -0.0498. The SMILES string of the molecule is Cc1cc(C(=O)COC(=O)c2ccc3nnc(C)n3c2)c(C)n1-c1ccc(OC(F)F)cc1. The number of carbonyl (C=O) groups is 2. The van der Waals surface area contributed by atoms with Crippen LogP contribution in [0.3, 0.4) is 0 Å². The highest BCUT2D eigenvalue weighted by atomic mass is 19.3. The van der Waals surface area contributed by atoms with Gasteiger partial charge in [0.15, 0.2) is 12.3 Å². The Bertz CT molecular complexity index is 1340. The number of Topliss-reactive ketones (excluding diaryl/α,β-unsaturated/α-hetero) is 1. The molecule has 3 heterocycles. The van der Waals surface area contributed by atoms with Gasteiger partial charge in [0.25, 0.3) is 0 Å². The number of ether oxygens (including phenoxy) is 2. The van der Waals surface area contributed by atoms with Gasteiger partial charge in [0.05, 0.1) is 5.56 Å². The van der Waals surface area contributed by atoms with E-state index in [1.54, 1.807) is 54.8 Å². The summed E-state index contributed by atoms with van der Waals surface area (Å²) in [7, 11) is 0. The molecule has 0 radical (unpaired) electrons. The van der Waals surface area contributed by atoms with Gasteiger partial charge in [-0.25, -0.2) is 4.79 Å². The zero-order valence-corrected chi connectivity index (χ0v) is 18.1. The normalized spacial score (nSPS) is 11.2. The molecule has 0 fully saturated rings. The Morgan fingerprint density at radius 2 is 1.76 bits per heavy atom. The summed E-state index contributed by atoms with van der Waals surface area (Å²) in [5.41, 5.74) is 3.35. The van der Waals surface area contributed by atoms with Crippen LogP contribution >= 0.6 is 0 Å². The molecule has 4 aromatic rings. The van der Waals surface area contributed by atoms with Crippen molar-refractivity contribution in [3.05, 3.63) is 77.0 Å². The Hall–Kier alpha value is -4.08. The fourth-order valence-electron chi connectivity index (χ4n) is 3.64. The van der Waals surface area contributed by atoms with Crippen LogP contribution in [0.2, 0.25) is 0 Å². The molecule has 3 aromatic heterocycles. The van der Waals surface area contributed by atoms with Gasteiger partial charge < -0.3 is 14.0 Å². The van der Waals surface area contributed by atoms with Gasteiger partial charge in [-0.3, -0.25) is 9.20 Å². The fraction of sp³-hybridized carbons (Fsp3) is 0.217. The molecule has 4 rings (SSSR count). The molecule has 10 heteroatoms. The molecule has 0 N–H and O–H groups in total. The van der Waals surface area contributed by atoms with E-state index >= 15 is 0 Å². The number of fused-ring (bicyclic) bond motifs is 1. The lowest BCUT2D eigenvalue weighted by Gasteiger charge is -2.11. The maximum Gasteiger partial charge on any atom is 0.387 e. The molecule has 0 unspecified atom stereocenters. The zero-order valence-electron chi connectivity index (χ0n) is 18.1. The van der Waals surface area contributed by atoms with Crippen molar-refractivity contribution in [1.29, 1.82) is 0 Å². The lowest BCUT2D eigenvalue weighted by atomic mass is 10.1. The van der Waals surface area contributed by atoms with Crippen molar-refractivity contribution in [2.75, 3.05) is 6.61 Å². The van der Waals surface area contributed by atoms with E-state index in [2.05, 4.69) is 14.9 Å². The summed E-state index contributed by atoms with van der Waals surface area (Å²) in [5.74, 6) is -0.333. The molecule has 1 aromatic carbocycles. The van der Waals surface area contributed by atoms with Crippen LogP contribution in [0, 0.1) is 20.8 Å². The van der Waals surface area contributed by atoms with Crippen LogP contribution in [0.5, 0.6) is 5.75 Å². The lowest BCUT2D eigenvalue weighted by Crippen LogP contribution is -2.15. The summed E-state index contributed by atoms with van der Waals surface area (Å²) in [4.78, 5) is 25.2. The van der Waals surface area contributed by atoms with Crippen LogP contribution in [-0.2, 0) is 4.74 Å². The Labute approximate surface area is 187 Å². The molecule has 0 spiro atoms. The quantitative estimate of drug-likeness (QED) is 0.309. The minimum Gasteiger partial charge on any atom is -0.454 e.